The molecule has 0 aliphatic carbocycles. The van der Waals surface area contributed by atoms with Gasteiger partial charge in [0.25, 0.3) is 0 Å². The first kappa shape index (κ1) is 15.9. The Morgan fingerprint density at radius 2 is 1.52 bits per heavy atom. The van der Waals surface area contributed by atoms with Gasteiger partial charge >= 0.3 is 0 Å². The van der Waals surface area contributed by atoms with Crippen LogP contribution in [0.3, 0.4) is 0 Å². The van der Waals surface area contributed by atoms with E-state index in [9.17, 15) is 0 Å². The van der Waals surface area contributed by atoms with Gasteiger partial charge in [-0.15, -0.1) is 0 Å². The summed E-state index contributed by atoms with van der Waals surface area (Å²) >= 11 is 5.45. The molecule has 0 fully saturated rings. The third-order valence-corrected chi connectivity index (χ3v) is 3.59. The summed E-state index contributed by atoms with van der Waals surface area (Å²) in [6.45, 7) is 1.55. The number of benzene rings is 2. The van der Waals surface area contributed by atoms with Crippen molar-refractivity contribution in [1.29, 1.82) is 0 Å². The van der Waals surface area contributed by atoms with Crippen LogP contribution in [0.2, 0.25) is 0 Å². The normalized spacial score (nSPS) is 10.5. The number of hydrogen-bond donors (Lipinski definition) is 1. The molecule has 0 saturated heterocycles. The topological polar surface area (TPSA) is 21.3 Å². The third kappa shape index (κ3) is 6.19. The van der Waals surface area contributed by atoms with Crippen molar-refractivity contribution in [3.8, 4) is 5.75 Å². The lowest BCUT2D eigenvalue weighted by Gasteiger charge is -2.07. The predicted octanol–water partition coefficient (Wildman–Crippen LogP) is 4.37. The van der Waals surface area contributed by atoms with Crippen molar-refractivity contribution in [2.45, 2.75) is 25.7 Å². The van der Waals surface area contributed by atoms with E-state index < -0.39 is 0 Å². The van der Waals surface area contributed by atoms with Crippen LogP contribution in [0.5, 0.6) is 5.75 Å². The van der Waals surface area contributed by atoms with Gasteiger partial charge in [0, 0.05) is 6.54 Å². The van der Waals surface area contributed by atoms with Gasteiger partial charge in [-0.25, -0.2) is 4.84 Å². The average molecular weight is 304 g/mol. The van der Waals surface area contributed by atoms with E-state index in [1.165, 1.54) is 11.1 Å². The summed E-state index contributed by atoms with van der Waals surface area (Å²) in [6, 6.07) is 18.8. The van der Waals surface area contributed by atoms with Crippen molar-refractivity contribution in [3.63, 3.8) is 0 Å². The zero-order chi connectivity index (χ0) is 14.8. The highest BCUT2D eigenvalue weighted by atomic mass is 35.5. The fraction of sp³-hybridized carbons (Fsp3) is 0.333. The fourth-order valence-electron chi connectivity index (χ4n) is 2.21. The fourth-order valence-corrected chi connectivity index (χ4v) is 2.30. The summed E-state index contributed by atoms with van der Waals surface area (Å²) < 4.78 is 5.76. The number of halogens is 1. The number of hydrogen-bond acceptors (Lipinski definition) is 2. The number of unbranched alkanes of at least 4 members (excludes halogenated alkanes) is 1. The summed E-state index contributed by atoms with van der Waals surface area (Å²) in [4.78, 5) is 2.63. The van der Waals surface area contributed by atoms with Crippen molar-refractivity contribution >= 4 is 11.8 Å². The molecule has 2 aromatic rings. The van der Waals surface area contributed by atoms with E-state index in [0.717, 1.165) is 44.6 Å². The van der Waals surface area contributed by atoms with Gasteiger partial charge in [0.2, 0.25) is 0 Å². The van der Waals surface area contributed by atoms with Gasteiger partial charge in [-0.05, 0) is 60.7 Å². The first-order chi connectivity index (χ1) is 10.4. The molecular weight excluding hydrogens is 282 g/mol. The highest BCUT2D eigenvalue weighted by Crippen LogP contribution is 2.13. The van der Waals surface area contributed by atoms with E-state index in [-0.39, 0.29) is 0 Å². The number of nitrogens with one attached hydrogen (secondary N) is 1. The Morgan fingerprint density at radius 1 is 0.810 bits per heavy atom. The van der Waals surface area contributed by atoms with Crippen LogP contribution >= 0.6 is 11.8 Å². The van der Waals surface area contributed by atoms with Crippen LogP contribution in [0.1, 0.15) is 24.0 Å². The molecule has 1 N–H and O–H groups in total. The standard InChI is InChI=1S/C18H22ClNO/c19-20-14-13-17-9-11-18(12-10-17)21-15-5-4-8-16-6-2-1-3-7-16/h1-3,6-7,9-12,20H,4-5,8,13-15H2. The molecule has 0 saturated carbocycles. The Balaban J connectivity index is 1.62. The molecule has 0 heterocycles. The molecule has 0 aromatic heterocycles. The summed E-state index contributed by atoms with van der Waals surface area (Å²) in [7, 11) is 0. The molecule has 0 radical (unpaired) electrons. The number of rotatable bonds is 9. The zero-order valence-electron chi connectivity index (χ0n) is 12.2. The maximum absolute atomic E-state index is 5.76. The molecule has 0 aliphatic rings. The summed E-state index contributed by atoms with van der Waals surface area (Å²) in [6.07, 6.45) is 4.28. The monoisotopic (exact) mass is 303 g/mol. The Hall–Kier alpha value is -1.51. The molecule has 2 rings (SSSR count). The minimum absolute atomic E-state index is 0.773. The van der Waals surface area contributed by atoms with Crippen LogP contribution in [-0.2, 0) is 12.8 Å². The van der Waals surface area contributed by atoms with Crippen molar-refractivity contribution in [2.24, 2.45) is 0 Å². The molecule has 0 unspecified atom stereocenters. The summed E-state index contributed by atoms with van der Waals surface area (Å²) in [5, 5.41) is 0. The highest BCUT2D eigenvalue weighted by molar-refractivity contribution is 6.13. The van der Waals surface area contributed by atoms with Gasteiger partial charge in [0.1, 0.15) is 5.75 Å². The van der Waals surface area contributed by atoms with Crippen molar-refractivity contribution in [2.75, 3.05) is 13.2 Å². The van der Waals surface area contributed by atoms with E-state index in [0.29, 0.717) is 0 Å². The van der Waals surface area contributed by atoms with Gasteiger partial charge in [0.15, 0.2) is 0 Å². The highest BCUT2D eigenvalue weighted by Gasteiger charge is 1.97. The lowest BCUT2D eigenvalue weighted by molar-refractivity contribution is 0.307. The Morgan fingerprint density at radius 3 is 2.24 bits per heavy atom. The van der Waals surface area contributed by atoms with Crippen LogP contribution in [-0.4, -0.2) is 13.2 Å². The molecule has 0 atom stereocenters. The van der Waals surface area contributed by atoms with Crippen molar-refractivity contribution in [3.05, 3.63) is 65.7 Å². The smallest absolute Gasteiger partial charge is 0.119 e. The molecule has 0 spiro atoms. The average Bonchev–Trinajstić information content (AvgIpc) is 2.55. The minimum Gasteiger partial charge on any atom is -0.494 e. The van der Waals surface area contributed by atoms with E-state index in [4.69, 9.17) is 16.5 Å². The van der Waals surface area contributed by atoms with E-state index >= 15 is 0 Å². The molecule has 3 heteroatoms. The van der Waals surface area contributed by atoms with E-state index in [1.807, 2.05) is 12.1 Å². The molecule has 21 heavy (non-hydrogen) atoms. The molecular formula is C18H22ClNO. The molecule has 2 nitrogen and oxygen atoms in total. The van der Waals surface area contributed by atoms with Crippen LogP contribution < -0.4 is 9.57 Å². The first-order valence-electron chi connectivity index (χ1n) is 7.47. The van der Waals surface area contributed by atoms with Gasteiger partial charge < -0.3 is 4.74 Å². The van der Waals surface area contributed by atoms with Crippen LogP contribution in [0.25, 0.3) is 0 Å². The van der Waals surface area contributed by atoms with E-state index in [1.54, 1.807) is 0 Å². The zero-order valence-corrected chi connectivity index (χ0v) is 13.0. The Bertz CT molecular complexity index is 498. The second-order valence-electron chi connectivity index (χ2n) is 5.07. The summed E-state index contributed by atoms with van der Waals surface area (Å²) in [5.74, 6) is 0.942. The van der Waals surface area contributed by atoms with Crippen LogP contribution in [0.4, 0.5) is 0 Å². The van der Waals surface area contributed by atoms with Gasteiger partial charge in [0.05, 0.1) is 6.61 Å². The second kappa shape index (κ2) is 9.43. The molecule has 0 aliphatic heterocycles. The van der Waals surface area contributed by atoms with Gasteiger partial charge in [-0.2, -0.15) is 0 Å². The summed E-state index contributed by atoms with van der Waals surface area (Å²) in [5.41, 5.74) is 2.66. The predicted molar refractivity (Wildman–Crippen MR) is 88.9 cm³/mol. The number of ether oxygens (including phenoxy) is 1. The maximum atomic E-state index is 5.76. The third-order valence-electron chi connectivity index (χ3n) is 3.40. The van der Waals surface area contributed by atoms with Crippen LogP contribution in [0, 0.1) is 0 Å². The second-order valence-corrected chi connectivity index (χ2v) is 5.34. The molecule has 0 amide bonds. The lowest BCUT2D eigenvalue weighted by atomic mass is 10.1. The SMILES string of the molecule is ClNCCc1ccc(OCCCCc2ccccc2)cc1. The van der Waals surface area contributed by atoms with E-state index in [2.05, 4.69) is 47.3 Å². The largest absolute Gasteiger partial charge is 0.494 e. The molecule has 112 valence electrons. The van der Waals surface area contributed by atoms with Crippen molar-refractivity contribution in [1.82, 2.24) is 4.84 Å². The Labute approximate surface area is 132 Å². The Kier molecular flexibility index (Phi) is 7.13. The quantitative estimate of drug-likeness (QED) is 0.548. The lowest BCUT2D eigenvalue weighted by Crippen LogP contribution is -2.04. The minimum atomic E-state index is 0.773. The first-order valence-corrected chi connectivity index (χ1v) is 7.85. The van der Waals surface area contributed by atoms with Crippen LogP contribution in [0.15, 0.2) is 54.6 Å². The molecule has 0 bridgehead atoms. The number of aryl methyl sites for hydroxylation is 1. The van der Waals surface area contributed by atoms with Gasteiger partial charge in [-0.3, -0.25) is 0 Å². The van der Waals surface area contributed by atoms with Gasteiger partial charge in [-0.1, -0.05) is 42.5 Å². The molecule has 2 aromatic carbocycles. The van der Waals surface area contributed by atoms with Crippen molar-refractivity contribution < 1.29 is 4.74 Å². The maximum Gasteiger partial charge on any atom is 0.119 e.